The first kappa shape index (κ1) is 9.61. The lowest BCUT2D eigenvalue weighted by atomic mass is 10.1. The second-order valence-electron chi connectivity index (χ2n) is 2.41. The zero-order chi connectivity index (χ0) is 9.14. The van der Waals surface area contributed by atoms with E-state index < -0.39 is 12.0 Å². The van der Waals surface area contributed by atoms with Gasteiger partial charge in [0.15, 0.2) is 0 Å². The summed E-state index contributed by atoms with van der Waals surface area (Å²) in [6, 6.07) is 3.93. The van der Waals surface area contributed by atoms with Gasteiger partial charge in [-0.25, -0.2) is 8.78 Å². The van der Waals surface area contributed by atoms with Gasteiger partial charge in [-0.2, -0.15) is 0 Å². The Morgan fingerprint density at radius 1 is 1.42 bits per heavy atom. The molecule has 0 saturated carbocycles. The van der Waals surface area contributed by atoms with Crippen molar-refractivity contribution in [1.29, 1.82) is 0 Å². The molecule has 12 heavy (non-hydrogen) atoms. The standard InChI is InChI=1S/C8H8BrF2N/c9-6-1-5(8(11)4-12)2-7(10)3-6/h1-3,8H,4,12H2. The molecule has 0 aliphatic carbocycles. The fourth-order valence-corrected chi connectivity index (χ4v) is 1.38. The predicted octanol–water partition coefficient (Wildman–Crippen LogP) is 2.56. The number of hydrogen-bond donors (Lipinski definition) is 1. The van der Waals surface area contributed by atoms with E-state index in [1.54, 1.807) is 0 Å². The number of nitrogens with two attached hydrogens (primary N) is 1. The van der Waals surface area contributed by atoms with Gasteiger partial charge in [0.1, 0.15) is 12.0 Å². The molecule has 0 bridgehead atoms. The fourth-order valence-electron chi connectivity index (χ4n) is 0.892. The summed E-state index contributed by atoms with van der Waals surface area (Å²) in [4.78, 5) is 0. The average molecular weight is 236 g/mol. The van der Waals surface area contributed by atoms with Gasteiger partial charge in [-0.3, -0.25) is 0 Å². The minimum atomic E-state index is -1.29. The van der Waals surface area contributed by atoms with E-state index in [0.29, 0.717) is 4.47 Å². The van der Waals surface area contributed by atoms with Crippen LogP contribution in [0.5, 0.6) is 0 Å². The Hall–Kier alpha value is -0.480. The minimum absolute atomic E-state index is 0.129. The lowest BCUT2D eigenvalue weighted by Gasteiger charge is -2.05. The number of alkyl halides is 1. The highest BCUT2D eigenvalue weighted by Crippen LogP contribution is 2.21. The van der Waals surface area contributed by atoms with Crippen LogP contribution < -0.4 is 5.73 Å². The largest absolute Gasteiger partial charge is 0.327 e. The Morgan fingerprint density at radius 3 is 2.58 bits per heavy atom. The van der Waals surface area contributed by atoms with Crippen molar-refractivity contribution >= 4 is 15.9 Å². The highest BCUT2D eigenvalue weighted by atomic mass is 79.9. The van der Waals surface area contributed by atoms with Crippen LogP contribution >= 0.6 is 15.9 Å². The summed E-state index contributed by atoms with van der Waals surface area (Å²) < 4.78 is 26.1. The van der Waals surface area contributed by atoms with Crippen LogP contribution in [-0.2, 0) is 0 Å². The predicted molar refractivity (Wildman–Crippen MR) is 47.0 cm³/mol. The van der Waals surface area contributed by atoms with Crippen LogP contribution in [0.4, 0.5) is 8.78 Å². The van der Waals surface area contributed by atoms with Crippen LogP contribution in [0.2, 0.25) is 0 Å². The Bertz CT molecular complexity index is 258. The molecule has 0 amide bonds. The number of benzene rings is 1. The summed E-state index contributed by atoms with van der Waals surface area (Å²) in [6.45, 7) is -0.129. The summed E-state index contributed by atoms with van der Waals surface area (Å²) in [7, 11) is 0. The van der Waals surface area contributed by atoms with E-state index in [1.807, 2.05) is 0 Å². The quantitative estimate of drug-likeness (QED) is 0.838. The third kappa shape index (κ3) is 2.25. The zero-order valence-corrected chi connectivity index (χ0v) is 7.81. The van der Waals surface area contributed by atoms with Gasteiger partial charge in [0.05, 0.1) is 0 Å². The SMILES string of the molecule is NCC(F)c1cc(F)cc(Br)c1. The van der Waals surface area contributed by atoms with Gasteiger partial charge < -0.3 is 5.73 Å². The molecular formula is C8H8BrF2N. The minimum Gasteiger partial charge on any atom is -0.327 e. The summed E-state index contributed by atoms with van der Waals surface area (Å²) in [5, 5.41) is 0. The normalized spacial score (nSPS) is 13.0. The third-order valence-corrected chi connectivity index (χ3v) is 1.91. The van der Waals surface area contributed by atoms with Crippen molar-refractivity contribution < 1.29 is 8.78 Å². The van der Waals surface area contributed by atoms with E-state index in [2.05, 4.69) is 15.9 Å². The molecule has 1 rings (SSSR count). The molecule has 0 aliphatic heterocycles. The van der Waals surface area contributed by atoms with Gasteiger partial charge in [0, 0.05) is 11.0 Å². The molecule has 1 aromatic carbocycles. The van der Waals surface area contributed by atoms with Crippen molar-refractivity contribution in [2.75, 3.05) is 6.54 Å². The first-order valence-corrected chi connectivity index (χ1v) is 4.23. The van der Waals surface area contributed by atoms with Crippen LogP contribution in [0.15, 0.2) is 22.7 Å². The third-order valence-electron chi connectivity index (χ3n) is 1.45. The Labute approximate surface area is 77.7 Å². The van der Waals surface area contributed by atoms with Gasteiger partial charge >= 0.3 is 0 Å². The van der Waals surface area contributed by atoms with Crippen LogP contribution in [-0.4, -0.2) is 6.54 Å². The van der Waals surface area contributed by atoms with Crippen LogP contribution in [0.1, 0.15) is 11.7 Å². The lowest BCUT2D eigenvalue weighted by Crippen LogP contribution is -2.07. The molecule has 0 aromatic heterocycles. The van der Waals surface area contributed by atoms with Gasteiger partial charge in [-0.05, 0) is 23.8 Å². The van der Waals surface area contributed by atoms with Gasteiger partial charge in [0.2, 0.25) is 0 Å². The Kier molecular flexibility index (Phi) is 3.17. The van der Waals surface area contributed by atoms with Crippen molar-refractivity contribution in [2.24, 2.45) is 5.73 Å². The van der Waals surface area contributed by atoms with Crippen molar-refractivity contribution in [2.45, 2.75) is 6.17 Å². The molecule has 1 aromatic rings. The van der Waals surface area contributed by atoms with Gasteiger partial charge in [-0.1, -0.05) is 15.9 Å². The second-order valence-corrected chi connectivity index (χ2v) is 3.32. The van der Waals surface area contributed by atoms with E-state index in [0.717, 1.165) is 6.07 Å². The Morgan fingerprint density at radius 2 is 2.08 bits per heavy atom. The second kappa shape index (κ2) is 3.96. The molecule has 4 heteroatoms. The molecule has 0 heterocycles. The molecule has 0 fully saturated rings. The van der Waals surface area contributed by atoms with Crippen molar-refractivity contribution in [3.63, 3.8) is 0 Å². The van der Waals surface area contributed by atoms with Crippen LogP contribution in [0, 0.1) is 5.82 Å². The Balaban J connectivity index is 3.00. The molecule has 1 atom stereocenters. The topological polar surface area (TPSA) is 26.0 Å². The fraction of sp³-hybridized carbons (Fsp3) is 0.250. The maximum atomic E-state index is 12.9. The molecule has 1 unspecified atom stereocenters. The molecule has 0 saturated heterocycles. The number of rotatable bonds is 2. The number of halogens is 3. The maximum Gasteiger partial charge on any atom is 0.137 e. The summed E-state index contributed by atoms with van der Waals surface area (Å²) in [5.74, 6) is -0.463. The summed E-state index contributed by atoms with van der Waals surface area (Å²) in [6.07, 6.45) is -1.29. The molecule has 2 N–H and O–H groups in total. The molecule has 0 spiro atoms. The highest BCUT2D eigenvalue weighted by molar-refractivity contribution is 9.10. The summed E-state index contributed by atoms with van der Waals surface area (Å²) >= 11 is 3.06. The first-order chi connectivity index (χ1) is 5.63. The highest BCUT2D eigenvalue weighted by Gasteiger charge is 2.08. The zero-order valence-electron chi connectivity index (χ0n) is 6.23. The number of hydrogen-bond acceptors (Lipinski definition) is 1. The first-order valence-electron chi connectivity index (χ1n) is 3.43. The van der Waals surface area contributed by atoms with E-state index in [9.17, 15) is 8.78 Å². The van der Waals surface area contributed by atoms with Crippen molar-refractivity contribution in [3.8, 4) is 0 Å². The maximum absolute atomic E-state index is 12.9. The van der Waals surface area contributed by atoms with E-state index >= 15 is 0 Å². The van der Waals surface area contributed by atoms with E-state index in [1.165, 1.54) is 12.1 Å². The van der Waals surface area contributed by atoms with E-state index in [4.69, 9.17) is 5.73 Å². The summed E-state index contributed by atoms with van der Waals surface area (Å²) in [5.41, 5.74) is 5.36. The molecule has 66 valence electrons. The van der Waals surface area contributed by atoms with Crippen LogP contribution in [0.25, 0.3) is 0 Å². The molecule has 0 aliphatic rings. The van der Waals surface area contributed by atoms with Crippen LogP contribution in [0.3, 0.4) is 0 Å². The lowest BCUT2D eigenvalue weighted by molar-refractivity contribution is 0.351. The van der Waals surface area contributed by atoms with Crippen molar-refractivity contribution in [1.82, 2.24) is 0 Å². The van der Waals surface area contributed by atoms with Gasteiger partial charge in [-0.15, -0.1) is 0 Å². The molecular weight excluding hydrogens is 228 g/mol. The molecule has 1 nitrogen and oxygen atoms in total. The van der Waals surface area contributed by atoms with Crippen molar-refractivity contribution in [3.05, 3.63) is 34.1 Å². The van der Waals surface area contributed by atoms with E-state index in [-0.39, 0.29) is 12.1 Å². The molecule has 0 radical (unpaired) electrons. The average Bonchev–Trinajstić information content (AvgIpc) is 2.01. The van der Waals surface area contributed by atoms with Gasteiger partial charge in [0.25, 0.3) is 0 Å². The smallest absolute Gasteiger partial charge is 0.137 e. The monoisotopic (exact) mass is 235 g/mol.